The zero-order valence-corrected chi connectivity index (χ0v) is 18.5. The first kappa shape index (κ1) is 22.2. The van der Waals surface area contributed by atoms with Crippen LogP contribution in [0.5, 0.6) is 0 Å². The molecule has 2 rings (SSSR count). The Hall–Kier alpha value is -3.06. The normalized spacial score (nSPS) is 18.7. The molecule has 0 aliphatic heterocycles. The van der Waals surface area contributed by atoms with Crippen LogP contribution in [0.3, 0.4) is 0 Å². The minimum atomic E-state index is -0.106. The van der Waals surface area contributed by atoms with Crippen LogP contribution in [0.4, 0.5) is 5.69 Å². The lowest BCUT2D eigenvalue weighted by Gasteiger charge is -2.24. The maximum absolute atomic E-state index is 4.36. The number of anilines is 1. The molecule has 1 aliphatic carbocycles. The highest BCUT2D eigenvalue weighted by atomic mass is 14.9. The van der Waals surface area contributed by atoms with E-state index in [0.29, 0.717) is 0 Å². The lowest BCUT2D eigenvalue weighted by Crippen LogP contribution is -2.13. The summed E-state index contributed by atoms with van der Waals surface area (Å²) < 4.78 is 0. The summed E-state index contributed by atoms with van der Waals surface area (Å²) in [5.74, 6) is 0. The second-order valence-corrected chi connectivity index (χ2v) is 7.69. The van der Waals surface area contributed by atoms with Gasteiger partial charge in [0, 0.05) is 16.8 Å². The Morgan fingerprint density at radius 3 is 2.21 bits per heavy atom. The Morgan fingerprint density at radius 1 is 1.03 bits per heavy atom. The number of hydrogen-bond donors (Lipinski definition) is 1. The summed E-state index contributed by atoms with van der Waals surface area (Å²) in [5, 5.41) is 3.53. The van der Waals surface area contributed by atoms with E-state index in [-0.39, 0.29) is 5.41 Å². The van der Waals surface area contributed by atoms with E-state index in [1.807, 2.05) is 32.1 Å². The average Bonchev–Trinajstić information content (AvgIpc) is 2.87. The molecular formula is C28H33N. The highest BCUT2D eigenvalue weighted by Crippen LogP contribution is 2.50. The van der Waals surface area contributed by atoms with E-state index in [1.165, 1.54) is 16.7 Å². The molecule has 0 atom stereocenters. The van der Waals surface area contributed by atoms with Crippen LogP contribution in [0, 0.1) is 5.41 Å². The fraction of sp³-hybridized carbons (Fsp3) is 0.214. The highest BCUT2D eigenvalue weighted by Gasteiger charge is 2.36. The molecule has 29 heavy (non-hydrogen) atoms. The summed E-state index contributed by atoms with van der Waals surface area (Å²) >= 11 is 0. The summed E-state index contributed by atoms with van der Waals surface area (Å²) in [5.41, 5.74) is 9.16. The molecule has 0 saturated carbocycles. The zero-order chi connectivity index (χ0) is 21.6. The van der Waals surface area contributed by atoms with Crippen LogP contribution in [-0.4, -0.2) is 0 Å². The first-order valence-electron chi connectivity index (χ1n) is 10.0. The van der Waals surface area contributed by atoms with Gasteiger partial charge in [0.05, 0.1) is 0 Å². The Labute approximate surface area is 176 Å². The van der Waals surface area contributed by atoms with Gasteiger partial charge in [0.15, 0.2) is 0 Å². The predicted molar refractivity (Wildman–Crippen MR) is 131 cm³/mol. The monoisotopic (exact) mass is 383 g/mol. The third-order valence-electron chi connectivity index (χ3n) is 5.58. The van der Waals surface area contributed by atoms with E-state index in [0.717, 1.165) is 28.1 Å². The van der Waals surface area contributed by atoms with E-state index >= 15 is 0 Å². The molecular weight excluding hydrogens is 350 g/mol. The van der Waals surface area contributed by atoms with Gasteiger partial charge >= 0.3 is 0 Å². The molecule has 0 bridgehead atoms. The Bertz CT molecular complexity index is 954. The highest BCUT2D eigenvalue weighted by molar-refractivity contribution is 5.74. The van der Waals surface area contributed by atoms with Gasteiger partial charge in [0.25, 0.3) is 0 Å². The minimum absolute atomic E-state index is 0.106. The van der Waals surface area contributed by atoms with Crippen molar-refractivity contribution in [1.29, 1.82) is 0 Å². The van der Waals surface area contributed by atoms with Crippen LogP contribution in [0.15, 0.2) is 115 Å². The van der Waals surface area contributed by atoms with E-state index in [1.54, 1.807) is 0 Å². The molecule has 1 aromatic carbocycles. The standard InChI is InChI=1S/C28H33N/c1-9-13-14-26-20(5)21(6)27(28(26,7)8)19-24(12-4)29-25-17-15-23(16-18-25)22(10-2)11-3/h9-19,29H,1-2,6H2,3-5,7-8H3/b14-13-,22-11+,24-12+,27-19+. The summed E-state index contributed by atoms with van der Waals surface area (Å²) in [6.07, 6.45) is 14.2. The molecule has 0 heterocycles. The molecule has 150 valence electrons. The van der Waals surface area contributed by atoms with Gasteiger partial charge in [-0.2, -0.15) is 0 Å². The summed E-state index contributed by atoms with van der Waals surface area (Å²) in [7, 11) is 0. The number of nitrogens with one attached hydrogen (secondary N) is 1. The van der Waals surface area contributed by atoms with Gasteiger partial charge in [-0.15, -0.1) is 0 Å². The van der Waals surface area contributed by atoms with Crippen molar-refractivity contribution < 1.29 is 0 Å². The van der Waals surface area contributed by atoms with Crippen molar-refractivity contribution in [2.24, 2.45) is 5.41 Å². The SMILES string of the molecule is C=C/C=C\C1=C(C)C(=C)/C(=C\C(=C/C)Nc2ccc(/C(C=C)=C/C)cc2)C1(C)C. The van der Waals surface area contributed by atoms with Gasteiger partial charge in [-0.25, -0.2) is 0 Å². The molecule has 0 spiro atoms. The van der Waals surface area contributed by atoms with Gasteiger partial charge in [-0.05, 0) is 72.4 Å². The van der Waals surface area contributed by atoms with Crippen molar-refractivity contribution in [2.45, 2.75) is 34.6 Å². The molecule has 0 aromatic heterocycles. The zero-order valence-electron chi connectivity index (χ0n) is 18.5. The number of rotatable bonds is 7. The maximum Gasteiger partial charge on any atom is 0.0384 e. The second kappa shape index (κ2) is 9.43. The number of allylic oxidation sites excluding steroid dienone is 12. The average molecular weight is 384 g/mol. The summed E-state index contributed by atoms with van der Waals surface area (Å²) in [6.45, 7) is 22.7. The topological polar surface area (TPSA) is 12.0 Å². The summed E-state index contributed by atoms with van der Waals surface area (Å²) in [4.78, 5) is 0. The van der Waals surface area contributed by atoms with Crippen molar-refractivity contribution in [2.75, 3.05) is 5.32 Å². The molecule has 1 nitrogen and oxygen atoms in total. The second-order valence-electron chi connectivity index (χ2n) is 7.69. The molecule has 1 heteroatoms. The lowest BCUT2D eigenvalue weighted by molar-refractivity contribution is 0.578. The molecule has 0 fully saturated rings. The molecule has 0 saturated heterocycles. The van der Waals surface area contributed by atoms with Crippen LogP contribution in [-0.2, 0) is 0 Å². The number of benzene rings is 1. The minimum Gasteiger partial charge on any atom is -0.356 e. The summed E-state index contributed by atoms with van der Waals surface area (Å²) in [6, 6.07) is 8.42. The molecule has 1 aromatic rings. The molecule has 0 unspecified atom stereocenters. The van der Waals surface area contributed by atoms with Gasteiger partial charge in [-0.1, -0.05) is 82.2 Å². The number of hydrogen-bond acceptors (Lipinski definition) is 1. The smallest absolute Gasteiger partial charge is 0.0384 e. The molecule has 0 radical (unpaired) electrons. The van der Waals surface area contributed by atoms with E-state index in [4.69, 9.17) is 0 Å². The third kappa shape index (κ3) is 4.68. The van der Waals surface area contributed by atoms with E-state index < -0.39 is 0 Å². The van der Waals surface area contributed by atoms with Crippen molar-refractivity contribution in [1.82, 2.24) is 0 Å². The lowest BCUT2D eigenvalue weighted by atomic mass is 9.80. The van der Waals surface area contributed by atoms with Crippen LogP contribution >= 0.6 is 0 Å². The van der Waals surface area contributed by atoms with Crippen molar-refractivity contribution >= 4 is 11.3 Å². The Kier molecular flexibility index (Phi) is 7.23. The maximum atomic E-state index is 4.36. The molecule has 1 N–H and O–H groups in total. The van der Waals surface area contributed by atoms with Crippen LogP contribution in [0.1, 0.15) is 40.2 Å². The Balaban J connectivity index is 2.31. The van der Waals surface area contributed by atoms with Gasteiger partial charge < -0.3 is 5.32 Å². The predicted octanol–water partition coefficient (Wildman–Crippen LogP) is 8.17. The molecule has 0 amide bonds. The van der Waals surface area contributed by atoms with Crippen LogP contribution in [0.2, 0.25) is 0 Å². The fourth-order valence-electron chi connectivity index (χ4n) is 3.78. The van der Waals surface area contributed by atoms with Gasteiger partial charge in [0.2, 0.25) is 0 Å². The fourth-order valence-corrected chi connectivity index (χ4v) is 3.78. The first-order valence-corrected chi connectivity index (χ1v) is 10.0. The van der Waals surface area contributed by atoms with E-state index in [2.05, 4.69) is 94.4 Å². The Morgan fingerprint density at radius 2 is 1.69 bits per heavy atom. The van der Waals surface area contributed by atoms with Crippen LogP contribution in [0.25, 0.3) is 5.57 Å². The van der Waals surface area contributed by atoms with Gasteiger partial charge in [-0.3, -0.25) is 0 Å². The van der Waals surface area contributed by atoms with Crippen molar-refractivity contribution in [3.8, 4) is 0 Å². The quantitative estimate of drug-likeness (QED) is 0.468. The van der Waals surface area contributed by atoms with Crippen molar-refractivity contribution in [3.05, 3.63) is 120 Å². The van der Waals surface area contributed by atoms with Crippen molar-refractivity contribution in [3.63, 3.8) is 0 Å². The largest absolute Gasteiger partial charge is 0.356 e. The first-order chi connectivity index (χ1) is 13.8. The third-order valence-corrected chi connectivity index (χ3v) is 5.58. The van der Waals surface area contributed by atoms with E-state index in [9.17, 15) is 0 Å². The van der Waals surface area contributed by atoms with Crippen LogP contribution < -0.4 is 5.32 Å². The molecule has 1 aliphatic rings. The van der Waals surface area contributed by atoms with Gasteiger partial charge in [0.1, 0.15) is 0 Å².